The number of carbonyl (C=O) groups excluding carboxylic acids is 1. The van der Waals surface area contributed by atoms with Crippen molar-refractivity contribution in [2.24, 2.45) is 0 Å². The standard InChI is InChI=1S/C19H31N3O2/c1-16-5-4-6-18(13-16)14-21-9-11-22(12-10-21)19(24)15-20(3)8-7-17(2)23/h4-6,13,17,23H,7-12,14-15H2,1-3H3. The average molecular weight is 333 g/mol. The molecule has 0 radical (unpaired) electrons. The monoisotopic (exact) mass is 333 g/mol. The van der Waals surface area contributed by atoms with Crippen LogP contribution in [0.5, 0.6) is 0 Å². The average Bonchev–Trinajstić information content (AvgIpc) is 2.53. The minimum absolute atomic E-state index is 0.193. The first-order valence-corrected chi connectivity index (χ1v) is 8.86. The van der Waals surface area contributed by atoms with Crippen LogP contribution in [0.3, 0.4) is 0 Å². The molecule has 5 nitrogen and oxygen atoms in total. The normalized spacial score (nSPS) is 17.3. The van der Waals surface area contributed by atoms with Crippen molar-refractivity contribution in [3.05, 3.63) is 35.4 Å². The maximum atomic E-state index is 12.4. The number of hydrogen-bond donors (Lipinski definition) is 1. The van der Waals surface area contributed by atoms with Crippen LogP contribution in [0.25, 0.3) is 0 Å². The van der Waals surface area contributed by atoms with Gasteiger partial charge in [-0.1, -0.05) is 29.8 Å². The van der Waals surface area contributed by atoms with Crippen LogP contribution in [0, 0.1) is 6.92 Å². The molecule has 134 valence electrons. The molecule has 0 bridgehead atoms. The van der Waals surface area contributed by atoms with E-state index in [2.05, 4.69) is 36.1 Å². The molecule has 1 heterocycles. The Labute approximate surface area is 145 Å². The van der Waals surface area contributed by atoms with Gasteiger partial charge in [-0.2, -0.15) is 0 Å². The van der Waals surface area contributed by atoms with Crippen molar-refractivity contribution < 1.29 is 9.90 Å². The number of carbonyl (C=O) groups is 1. The van der Waals surface area contributed by atoms with Crippen molar-refractivity contribution in [1.82, 2.24) is 14.7 Å². The van der Waals surface area contributed by atoms with Gasteiger partial charge in [-0.05, 0) is 32.9 Å². The minimum atomic E-state index is -0.312. The first-order valence-electron chi connectivity index (χ1n) is 8.86. The predicted molar refractivity (Wildman–Crippen MR) is 96.8 cm³/mol. The summed E-state index contributed by atoms with van der Waals surface area (Å²) in [5.74, 6) is 0.193. The number of piperazine rings is 1. The number of benzene rings is 1. The lowest BCUT2D eigenvalue weighted by Crippen LogP contribution is -2.50. The molecule has 0 aliphatic carbocycles. The van der Waals surface area contributed by atoms with Gasteiger partial charge in [0.05, 0.1) is 12.6 Å². The first-order chi connectivity index (χ1) is 11.4. The van der Waals surface area contributed by atoms with Gasteiger partial charge in [0.25, 0.3) is 0 Å². The molecule has 1 aliphatic rings. The molecule has 0 aromatic heterocycles. The summed E-state index contributed by atoms with van der Waals surface area (Å²) in [5.41, 5.74) is 2.63. The fourth-order valence-electron chi connectivity index (χ4n) is 3.04. The van der Waals surface area contributed by atoms with Gasteiger partial charge in [0.1, 0.15) is 0 Å². The molecule has 1 fully saturated rings. The minimum Gasteiger partial charge on any atom is -0.393 e. The predicted octanol–water partition coefficient (Wildman–Crippen LogP) is 1.34. The summed E-state index contributed by atoms with van der Waals surface area (Å²) in [6.07, 6.45) is 0.390. The van der Waals surface area contributed by atoms with Gasteiger partial charge in [0, 0.05) is 39.3 Å². The van der Waals surface area contributed by atoms with E-state index in [-0.39, 0.29) is 12.0 Å². The number of aliphatic hydroxyl groups is 1. The SMILES string of the molecule is Cc1cccc(CN2CCN(C(=O)CN(C)CCC(C)O)CC2)c1. The summed E-state index contributed by atoms with van der Waals surface area (Å²) in [6, 6.07) is 8.62. The summed E-state index contributed by atoms with van der Waals surface area (Å²) >= 11 is 0. The highest BCUT2D eigenvalue weighted by molar-refractivity contribution is 5.78. The van der Waals surface area contributed by atoms with Gasteiger partial charge in [0.2, 0.25) is 5.91 Å². The van der Waals surface area contributed by atoms with Crippen molar-refractivity contribution in [3.63, 3.8) is 0 Å². The van der Waals surface area contributed by atoms with Crippen molar-refractivity contribution in [1.29, 1.82) is 0 Å². The lowest BCUT2D eigenvalue weighted by atomic mass is 10.1. The molecule has 1 N–H and O–H groups in total. The zero-order chi connectivity index (χ0) is 17.5. The summed E-state index contributed by atoms with van der Waals surface area (Å²) in [4.78, 5) is 18.7. The second-order valence-corrected chi connectivity index (χ2v) is 7.02. The van der Waals surface area contributed by atoms with E-state index in [1.807, 2.05) is 16.8 Å². The van der Waals surface area contributed by atoms with E-state index in [0.29, 0.717) is 13.0 Å². The van der Waals surface area contributed by atoms with E-state index in [9.17, 15) is 9.90 Å². The smallest absolute Gasteiger partial charge is 0.236 e. The zero-order valence-corrected chi connectivity index (χ0v) is 15.2. The van der Waals surface area contributed by atoms with Crippen LogP contribution in [0.4, 0.5) is 0 Å². The van der Waals surface area contributed by atoms with Crippen molar-refractivity contribution >= 4 is 5.91 Å². The Bertz CT molecular complexity index is 525. The summed E-state index contributed by atoms with van der Waals surface area (Å²) in [7, 11) is 1.94. The van der Waals surface area contributed by atoms with Crippen LogP contribution in [0.15, 0.2) is 24.3 Å². The second kappa shape index (κ2) is 9.16. The molecule has 1 aromatic carbocycles. The van der Waals surface area contributed by atoms with Gasteiger partial charge < -0.3 is 10.0 Å². The summed E-state index contributed by atoms with van der Waals surface area (Å²) < 4.78 is 0. The van der Waals surface area contributed by atoms with Crippen LogP contribution >= 0.6 is 0 Å². The summed E-state index contributed by atoms with van der Waals surface area (Å²) in [5, 5.41) is 9.32. The van der Waals surface area contributed by atoms with E-state index in [1.165, 1.54) is 11.1 Å². The number of aliphatic hydroxyl groups excluding tert-OH is 1. The molecule has 1 saturated heterocycles. The molecule has 0 spiro atoms. The fourth-order valence-corrected chi connectivity index (χ4v) is 3.04. The number of rotatable bonds is 7. The molecular weight excluding hydrogens is 302 g/mol. The van der Waals surface area contributed by atoms with E-state index < -0.39 is 0 Å². The zero-order valence-electron chi connectivity index (χ0n) is 15.2. The second-order valence-electron chi connectivity index (χ2n) is 7.02. The highest BCUT2D eigenvalue weighted by Gasteiger charge is 2.21. The Balaban J connectivity index is 1.72. The Kier molecular flexibility index (Phi) is 7.21. The third-order valence-corrected chi connectivity index (χ3v) is 4.55. The van der Waals surface area contributed by atoms with E-state index in [1.54, 1.807) is 6.92 Å². The number of amides is 1. The number of hydrogen-bond acceptors (Lipinski definition) is 4. The maximum absolute atomic E-state index is 12.4. The van der Waals surface area contributed by atoms with Crippen molar-refractivity contribution in [3.8, 4) is 0 Å². The quantitative estimate of drug-likeness (QED) is 0.818. The largest absolute Gasteiger partial charge is 0.393 e. The molecule has 1 amide bonds. The maximum Gasteiger partial charge on any atom is 0.236 e. The van der Waals surface area contributed by atoms with E-state index >= 15 is 0 Å². The van der Waals surface area contributed by atoms with Gasteiger partial charge in [-0.25, -0.2) is 0 Å². The van der Waals surface area contributed by atoms with Gasteiger partial charge >= 0.3 is 0 Å². The number of likely N-dealkylation sites (N-methyl/N-ethyl adjacent to an activating group) is 1. The van der Waals surface area contributed by atoms with Gasteiger partial charge in [-0.3, -0.25) is 14.6 Å². The number of nitrogens with zero attached hydrogens (tertiary/aromatic N) is 3. The van der Waals surface area contributed by atoms with Crippen molar-refractivity contribution in [2.75, 3.05) is 46.3 Å². The van der Waals surface area contributed by atoms with E-state index in [4.69, 9.17) is 0 Å². The molecule has 5 heteroatoms. The molecule has 1 atom stereocenters. The topological polar surface area (TPSA) is 47.0 Å². The molecular formula is C19H31N3O2. The van der Waals surface area contributed by atoms with Crippen LogP contribution in [0.1, 0.15) is 24.5 Å². The molecule has 1 aliphatic heterocycles. The third kappa shape index (κ3) is 6.23. The van der Waals surface area contributed by atoms with Crippen LogP contribution in [0.2, 0.25) is 0 Å². The highest BCUT2D eigenvalue weighted by Crippen LogP contribution is 2.10. The first kappa shape index (κ1) is 18.9. The molecule has 2 rings (SSSR count). The third-order valence-electron chi connectivity index (χ3n) is 4.55. The van der Waals surface area contributed by atoms with Crippen molar-refractivity contribution in [2.45, 2.75) is 32.9 Å². The van der Waals surface area contributed by atoms with Crippen LogP contribution < -0.4 is 0 Å². The Morgan fingerprint density at radius 2 is 2.00 bits per heavy atom. The van der Waals surface area contributed by atoms with Crippen LogP contribution in [-0.4, -0.2) is 78.1 Å². The molecule has 1 aromatic rings. The molecule has 24 heavy (non-hydrogen) atoms. The Morgan fingerprint density at radius 3 is 2.62 bits per heavy atom. The van der Waals surface area contributed by atoms with E-state index in [0.717, 1.165) is 39.3 Å². The lowest BCUT2D eigenvalue weighted by Gasteiger charge is -2.35. The summed E-state index contributed by atoms with van der Waals surface area (Å²) in [6.45, 7) is 9.49. The van der Waals surface area contributed by atoms with Gasteiger partial charge in [-0.15, -0.1) is 0 Å². The lowest BCUT2D eigenvalue weighted by molar-refractivity contribution is -0.134. The Hall–Kier alpha value is -1.43. The molecule has 0 saturated carbocycles. The van der Waals surface area contributed by atoms with Crippen LogP contribution in [-0.2, 0) is 11.3 Å². The fraction of sp³-hybridized carbons (Fsp3) is 0.632. The Morgan fingerprint density at radius 1 is 1.29 bits per heavy atom. The molecule has 1 unspecified atom stereocenters. The highest BCUT2D eigenvalue weighted by atomic mass is 16.3. The van der Waals surface area contributed by atoms with Gasteiger partial charge in [0.15, 0.2) is 0 Å². The number of aryl methyl sites for hydroxylation is 1.